The van der Waals surface area contributed by atoms with E-state index in [2.05, 4.69) is 0 Å². The van der Waals surface area contributed by atoms with Crippen LogP contribution >= 0.6 is 23.2 Å². The van der Waals surface area contributed by atoms with E-state index >= 15 is 0 Å². The quantitative estimate of drug-likeness (QED) is 0.246. The van der Waals surface area contributed by atoms with E-state index in [9.17, 15) is 32.9 Å². The van der Waals surface area contributed by atoms with E-state index in [-0.39, 0.29) is 17.5 Å². The van der Waals surface area contributed by atoms with E-state index in [4.69, 9.17) is 32.7 Å². The summed E-state index contributed by atoms with van der Waals surface area (Å²) in [4.78, 5) is 37.2. The second-order valence-electron chi connectivity index (χ2n) is 7.81. The first-order valence-electron chi connectivity index (χ1n) is 10.4. The van der Waals surface area contributed by atoms with Gasteiger partial charge in [-0.1, -0.05) is 23.2 Å². The van der Waals surface area contributed by atoms with E-state index in [0.717, 1.165) is 37.5 Å². The van der Waals surface area contributed by atoms with Crippen LogP contribution in [0.4, 0.5) is 18.9 Å². The van der Waals surface area contributed by atoms with Gasteiger partial charge in [-0.3, -0.25) is 14.9 Å². The monoisotopic (exact) mass is 534 g/mol. The second kappa shape index (κ2) is 10.7. The van der Waals surface area contributed by atoms with Gasteiger partial charge in [0.15, 0.2) is 12.4 Å². The average Bonchev–Trinajstić information content (AvgIpc) is 2.79. The highest BCUT2D eigenvalue weighted by molar-refractivity contribution is 6.37. The van der Waals surface area contributed by atoms with Gasteiger partial charge in [0.2, 0.25) is 0 Å². The molecule has 8 nitrogen and oxygen atoms in total. The van der Waals surface area contributed by atoms with Crippen LogP contribution in [0.1, 0.15) is 42.1 Å². The Labute approximate surface area is 207 Å². The van der Waals surface area contributed by atoms with Crippen LogP contribution in [0.3, 0.4) is 0 Å². The molecule has 2 aromatic rings. The lowest BCUT2D eigenvalue weighted by molar-refractivity contribution is -0.385. The van der Waals surface area contributed by atoms with Gasteiger partial charge in [0.05, 0.1) is 20.5 Å². The molecule has 0 bridgehead atoms. The summed E-state index contributed by atoms with van der Waals surface area (Å²) in [6.45, 7) is 1.79. The van der Waals surface area contributed by atoms with Crippen molar-refractivity contribution in [2.24, 2.45) is 0 Å². The largest absolute Gasteiger partial charge is 0.454 e. The Hall–Kier alpha value is -3.05. The van der Waals surface area contributed by atoms with E-state index < -0.39 is 56.4 Å². The second-order valence-corrected chi connectivity index (χ2v) is 8.63. The lowest BCUT2D eigenvalue weighted by Crippen LogP contribution is -2.44. The number of benzene rings is 2. The fourth-order valence-electron chi connectivity index (χ4n) is 3.60. The van der Waals surface area contributed by atoms with Crippen LogP contribution in [0.2, 0.25) is 10.0 Å². The topological polar surface area (TPSA) is 99.0 Å². The highest BCUT2D eigenvalue weighted by atomic mass is 35.5. The summed E-state index contributed by atoms with van der Waals surface area (Å²) in [5, 5.41) is 10.5. The van der Waals surface area contributed by atoms with Gasteiger partial charge in [-0.25, -0.2) is 4.79 Å². The highest BCUT2D eigenvalue weighted by Gasteiger charge is 2.33. The van der Waals surface area contributed by atoms with Crippen LogP contribution in [-0.4, -0.2) is 40.9 Å². The molecule has 0 saturated carbocycles. The number of nitro benzene ring substituents is 1. The summed E-state index contributed by atoms with van der Waals surface area (Å²) in [7, 11) is 0. The standard InChI is InChI=1S/C22H19Cl2F3N2O6/c1-12-4-2-3-7-28(12)19(30)11-34-21(31)15-10-14(5-6-18(15)29(32)33)35-20-16(23)8-13(9-17(20)24)22(25,26)27/h5-6,8-10,12H,2-4,7,11H2,1H3. The first kappa shape index (κ1) is 26.6. The van der Waals surface area contributed by atoms with Crippen LogP contribution in [0.15, 0.2) is 30.3 Å². The van der Waals surface area contributed by atoms with Crippen molar-refractivity contribution < 1.29 is 37.2 Å². The van der Waals surface area contributed by atoms with Gasteiger partial charge < -0.3 is 14.4 Å². The van der Waals surface area contributed by atoms with Crippen molar-refractivity contribution in [2.75, 3.05) is 13.2 Å². The molecule has 1 unspecified atom stereocenters. The van der Waals surface area contributed by atoms with Crippen molar-refractivity contribution in [2.45, 2.75) is 38.4 Å². The zero-order chi connectivity index (χ0) is 25.9. The van der Waals surface area contributed by atoms with Gasteiger partial charge in [-0.15, -0.1) is 0 Å². The number of nitrogens with zero attached hydrogens (tertiary/aromatic N) is 2. The van der Waals surface area contributed by atoms with Gasteiger partial charge in [-0.2, -0.15) is 13.2 Å². The zero-order valence-corrected chi connectivity index (χ0v) is 19.7. The Balaban J connectivity index is 1.82. The number of alkyl halides is 3. The molecule has 0 aliphatic carbocycles. The lowest BCUT2D eigenvalue weighted by atomic mass is 10.0. The molecule has 35 heavy (non-hydrogen) atoms. The van der Waals surface area contributed by atoms with Crippen LogP contribution in [-0.2, 0) is 15.7 Å². The maximum atomic E-state index is 12.9. The molecular formula is C22H19Cl2F3N2O6. The first-order valence-corrected chi connectivity index (χ1v) is 11.1. The summed E-state index contributed by atoms with van der Waals surface area (Å²) < 4.78 is 49.3. The number of hydrogen-bond donors (Lipinski definition) is 0. The van der Waals surface area contributed by atoms with Gasteiger partial charge in [0.25, 0.3) is 11.6 Å². The van der Waals surface area contributed by atoms with Crippen LogP contribution in [0, 0.1) is 10.1 Å². The first-order chi connectivity index (χ1) is 16.4. The third-order valence-electron chi connectivity index (χ3n) is 5.38. The van der Waals surface area contributed by atoms with Gasteiger partial charge in [0, 0.05) is 24.7 Å². The third kappa shape index (κ3) is 6.34. The van der Waals surface area contributed by atoms with Crippen LogP contribution < -0.4 is 4.74 Å². The maximum Gasteiger partial charge on any atom is 0.416 e. The van der Waals surface area contributed by atoms with E-state index in [0.29, 0.717) is 18.7 Å². The average molecular weight is 535 g/mol. The number of likely N-dealkylation sites (tertiary alicyclic amines) is 1. The molecule has 0 spiro atoms. The molecule has 1 aliphatic rings. The fraction of sp³-hybridized carbons (Fsp3) is 0.364. The minimum atomic E-state index is -4.69. The predicted octanol–water partition coefficient (Wildman–Crippen LogP) is 6.27. The van der Waals surface area contributed by atoms with Crippen molar-refractivity contribution in [3.63, 3.8) is 0 Å². The fourth-order valence-corrected chi connectivity index (χ4v) is 4.16. The van der Waals surface area contributed by atoms with Crippen molar-refractivity contribution in [1.82, 2.24) is 4.90 Å². The van der Waals surface area contributed by atoms with Crippen molar-refractivity contribution in [1.29, 1.82) is 0 Å². The van der Waals surface area contributed by atoms with E-state index in [1.54, 1.807) is 4.90 Å². The molecule has 1 fully saturated rings. The molecule has 2 aromatic carbocycles. The summed E-state index contributed by atoms with van der Waals surface area (Å²) in [6.07, 6.45) is -2.07. The molecule has 188 valence electrons. The number of piperidine rings is 1. The van der Waals surface area contributed by atoms with E-state index in [1.165, 1.54) is 0 Å². The molecule has 1 atom stereocenters. The molecule has 13 heteroatoms. The molecule has 1 amide bonds. The molecular weight excluding hydrogens is 516 g/mol. The van der Waals surface area contributed by atoms with Crippen molar-refractivity contribution >= 4 is 40.8 Å². The molecule has 0 N–H and O–H groups in total. The molecule has 1 heterocycles. The van der Waals surface area contributed by atoms with Crippen LogP contribution in [0.5, 0.6) is 11.5 Å². The highest BCUT2D eigenvalue weighted by Crippen LogP contribution is 2.42. The van der Waals surface area contributed by atoms with Crippen LogP contribution in [0.25, 0.3) is 0 Å². The number of carbonyl (C=O) groups excluding carboxylic acids is 2. The molecule has 0 aromatic heterocycles. The Morgan fingerprint density at radius 1 is 1.17 bits per heavy atom. The number of hydrogen-bond acceptors (Lipinski definition) is 6. The SMILES string of the molecule is CC1CCCCN1C(=O)COC(=O)c1cc(Oc2c(Cl)cc(C(F)(F)F)cc2Cl)ccc1[N+](=O)[O-]. The Morgan fingerprint density at radius 3 is 2.40 bits per heavy atom. The number of halogens is 5. The number of nitro groups is 1. The Kier molecular flexibility index (Phi) is 8.11. The number of amides is 1. The number of esters is 1. The third-order valence-corrected chi connectivity index (χ3v) is 5.94. The summed E-state index contributed by atoms with van der Waals surface area (Å²) in [6, 6.07) is 4.22. The minimum Gasteiger partial charge on any atom is -0.454 e. The summed E-state index contributed by atoms with van der Waals surface area (Å²) in [5.41, 5.74) is -2.24. The van der Waals surface area contributed by atoms with E-state index in [1.807, 2.05) is 6.92 Å². The molecule has 1 saturated heterocycles. The van der Waals surface area contributed by atoms with Crippen molar-refractivity contribution in [3.8, 4) is 11.5 Å². The minimum absolute atomic E-state index is 0.0146. The van der Waals surface area contributed by atoms with Gasteiger partial charge >= 0.3 is 12.1 Å². The predicted molar refractivity (Wildman–Crippen MR) is 120 cm³/mol. The summed E-state index contributed by atoms with van der Waals surface area (Å²) >= 11 is 11.8. The lowest BCUT2D eigenvalue weighted by Gasteiger charge is -2.33. The molecule has 1 aliphatic heterocycles. The number of rotatable bonds is 6. The zero-order valence-electron chi connectivity index (χ0n) is 18.2. The van der Waals surface area contributed by atoms with Gasteiger partial charge in [0.1, 0.15) is 11.3 Å². The Bertz CT molecular complexity index is 1140. The van der Waals surface area contributed by atoms with Gasteiger partial charge in [-0.05, 0) is 44.4 Å². The summed E-state index contributed by atoms with van der Waals surface area (Å²) in [5.74, 6) is -2.10. The number of carbonyl (C=O) groups is 2. The Morgan fingerprint density at radius 2 is 1.83 bits per heavy atom. The normalized spacial score (nSPS) is 16.1. The maximum absolute atomic E-state index is 12.9. The molecule has 0 radical (unpaired) electrons. The smallest absolute Gasteiger partial charge is 0.416 e. The van der Waals surface area contributed by atoms with Crippen molar-refractivity contribution in [3.05, 3.63) is 61.6 Å². The molecule has 3 rings (SSSR count). The number of ether oxygens (including phenoxy) is 2.